The van der Waals surface area contributed by atoms with Gasteiger partial charge in [-0.1, -0.05) is 52.3 Å². The molecule has 5 heteroatoms. The van der Waals surface area contributed by atoms with Crippen LogP contribution in [0.1, 0.15) is 72.3 Å². The van der Waals surface area contributed by atoms with Gasteiger partial charge < -0.3 is 14.3 Å². The van der Waals surface area contributed by atoms with Crippen LogP contribution in [-0.2, 0) is 14.3 Å². The van der Waals surface area contributed by atoms with Crippen molar-refractivity contribution in [1.29, 1.82) is 0 Å². The van der Waals surface area contributed by atoms with Crippen molar-refractivity contribution in [2.45, 2.75) is 78.9 Å². The first-order chi connectivity index (χ1) is 15.4. The topological polar surface area (TPSA) is 76.7 Å². The van der Waals surface area contributed by atoms with Crippen molar-refractivity contribution in [1.82, 2.24) is 0 Å². The zero-order chi connectivity index (χ0) is 24.0. The molecule has 1 heterocycles. The van der Waals surface area contributed by atoms with E-state index in [0.29, 0.717) is 12.8 Å². The van der Waals surface area contributed by atoms with E-state index in [1.807, 2.05) is 19.9 Å². The van der Waals surface area contributed by atoms with Crippen molar-refractivity contribution in [2.24, 2.45) is 33.5 Å². The maximum atomic E-state index is 12.8. The molecule has 5 rings (SSSR count). The monoisotopic (exact) mass is 452 g/mol. The summed E-state index contributed by atoms with van der Waals surface area (Å²) in [6.45, 7) is 12.1. The molecule has 1 aromatic heterocycles. The molecule has 5 nitrogen and oxygen atoms in total. The number of allylic oxidation sites excluding steroid dienone is 3. The van der Waals surface area contributed by atoms with Gasteiger partial charge in [0.15, 0.2) is 5.78 Å². The van der Waals surface area contributed by atoms with Gasteiger partial charge in [-0.05, 0) is 54.2 Å². The van der Waals surface area contributed by atoms with Crippen molar-refractivity contribution in [3.63, 3.8) is 0 Å². The van der Waals surface area contributed by atoms with E-state index in [0.717, 1.165) is 12.0 Å². The Bertz CT molecular complexity index is 1050. The molecule has 33 heavy (non-hydrogen) atoms. The Morgan fingerprint density at radius 2 is 1.85 bits per heavy atom. The number of rotatable bonds is 2. The van der Waals surface area contributed by atoms with Gasteiger partial charge in [0.1, 0.15) is 6.10 Å². The lowest BCUT2D eigenvalue weighted by atomic mass is 9.38. The van der Waals surface area contributed by atoms with Crippen molar-refractivity contribution >= 4 is 11.8 Å². The van der Waals surface area contributed by atoms with E-state index in [9.17, 15) is 14.7 Å². The molecule has 2 saturated carbocycles. The third-order valence-corrected chi connectivity index (χ3v) is 10.3. The normalized spacial score (nSPS) is 45.6. The summed E-state index contributed by atoms with van der Waals surface area (Å²) in [6, 6.07) is 2.00. The quantitative estimate of drug-likeness (QED) is 0.492. The smallest absolute Gasteiger partial charge is 0.302 e. The van der Waals surface area contributed by atoms with Crippen molar-refractivity contribution in [2.75, 3.05) is 0 Å². The average Bonchev–Trinajstić information content (AvgIpc) is 3.38. The fourth-order valence-electron chi connectivity index (χ4n) is 8.53. The standard InChI is InChI=1S/C28H36O5/c1-16(29)33-24-14-21-26(4)11-9-22(30)25(2,3)20(26)13-23(31)28(21,6)19-8-7-18(27(19,24)5)17-10-12-32-15-17/h8-12,15,18,20-21,23-24,31H,7,13-14H2,1-6H3. The second-order valence-corrected chi connectivity index (χ2v) is 12.0. The van der Waals surface area contributed by atoms with Gasteiger partial charge in [-0.15, -0.1) is 0 Å². The molecule has 178 valence electrons. The van der Waals surface area contributed by atoms with Crippen LogP contribution in [0.15, 0.2) is 46.8 Å². The largest absolute Gasteiger partial charge is 0.472 e. The molecule has 0 amide bonds. The van der Waals surface area contributed by atoms with E-state index in [1.165, 1.54) is 12.5 Å². The lowest BCUT2D eigenvalue weighted by molar-refractivity contribution is -0.191. The number of hydrogen-bond donors (Lipinski definition) is 1. The Kier molecular flexibility index (Phi) is 4.76. The van der Waals surface area contributed by atoms with Crippen LogP contribution in [0.3, 0.4) is 0 Å². The highest BCUT2D eigenvalue weighted by Gasteiger charge is 2.70. The summed E-state index contributed by atoms with van der Waals surface area (Å²) in [6.07, 6.45) is 10.8. The third-order valence-electron chi connectivity index (χ3n) is 10.3. The molecular formula is C28H36O5. The van der Waals surface area contributed by atoms with E-state index in [1.54, 1.807) is 18.6 Å². The van der Waals surface area contributed by atoms with Crippen LogP contribution in [-0.4, -0.2) is 29.1 Å². The molecule has 0 bridgehead atoms. The van der Waals surface area contributed by atoms with Gasteiger partial charge in [0, 0.05) is 29.1 Å². The molecule has 1 N–H and O–H groups in total. The molecule has 0 aliphatic heterocycles. The zero-order valence-corrected chi connectivity index (χ0v) is 20.6. The Morgan fingerprint density at radius 3 is 2.48 bits per heavy atom. The van der Waals surface area contributed by atoms with Crippen molar-refractivity contribution < 1.29 is 23.8 Å². The van der Waals surface area contributed by atoms with Gasteiger partial charge in [-0.25, -0.2) is 0 Å². The van der Waals surface area contributed by atoms with Gasteiger partial charge in [0.05, 0.1) is 18.6 Å². The van der Waals surface area contributed by atoms with Crippen LogP contribution < -0.4 is 0 Å². The number of ketones is 1. The van der Waals surface area contributed by atoms with E-state index < -0.39 is 22.3 Å². The second kappa shape index (κ2) is 6.94. The summed E-state index contributed by atoms with van der Waals surface area (Å²) in [5.74, 6) is 0.0117. The van der Waals surface area contributed by atoms with Gasteiger partial charge in [0.25, 0.3) is 0 Å². The zero-order valence-electron chi connectivity index (χ0n) is 20.6. The summed E-state index contributed by atoms with van der Waals surface area (Å²) in [5.41, 5.74) is 0.539. The maximum absolute atomic E-state index is 12.8. The SMILES string of the molecule is CC(=O)OC1CC2C3(C)C=CC(=O)C(C)(C)C3CC(O)C2(C)C2=CCC(c3ccoc3)C21C. The van der Waals surface area contributed by atoms with Gasteiger partial charge in [-0.2, -0.15) is 0 Å². The summed E-state index contributed by atoms with van der Waals surface area (Å²) >= 11 is 0. The highest BCUT2D eigenvalue weighted by molar-refractivity contribution is 5.95. The van der Waals surface area contributed by atoms with E-state index in [4.69, 9.17) is 9.15 Å². The molecule has 8 unspecified atom stereocenters. The predicted molar refractivity (Wildman–Crippen MR) is 124 cm³/mol. The minimum absolute atomic E-state index is 0.0181. The maximum Gasteiger partial charge on any atom is 0.302 e. The molecule has 2 fully saturated rings. The molecule has 1 aromatic rings. The molecule has 0 saturated heterocycles. The van der Waals surface area contributed by atoms with E-state index in [-0.39, 0.29) is 41.0 Å². The van der Waals surface area contributed by atoms with E-state index in [2.05, 4.69) is 32.9 Å². The number of ether oxygens (including phenoxy) is 1. The number of furan rings is 1. The number of aliphatic hydroxyl groups excluding tert-OH is 1. The van der Waals surface area contributed by atoms with Crippen molar-refractivity contribution in [3.05, 3.63) is 48.0 Å². The minimum Gasteiger partial charge on any atom is -0.472 e. The van der Waals surface area contributed by atoms with Gasteiger partial charge >= 0.3 is 5.97 Å². The molecule has 4 aliphatic rings. The molecule has 0 spiro atoms. The Balaban J connectivity index is 1.68. The van der Waals surface area contributed by atoms with Crippen LogP contribution in [0, 0.1) is 33.5 Å². The molecule has 0 radical (unpaired) electrons. The van der Waals surface area contributed by atoms with Gasteiger partial charge in [-0.3, -0.25) is 9.59 Å². The van der Waals surface area contributed by atoms with E-state index >= 15 is 0 Å². The van der Waals surface area contributed by atoms with Crippen LogP contribution in [0.25, 0.3) is 0 Å². The first-order valence-electron chi connectivity index (χ1n) is 12.2. The highest BCUT2D eigenvalue weighted by atomic mass is 16.5. The van der Waals surface area contributed by atoms with Crippen LogP contribution in [0.4, 0.5) is 0 Å². The number of carbonyl (C=O) groups is 2. The number of hydrogen-bond acceptors (Lipinski definition) is 5. The van der Waals surface area contributed by atoms with Crippen molar-refractivity contribution in [3.8, 4) is 0 Å². The second-order valence-electron chi connectivity index (χ2n) is 12.0. The summed E-state index contributed by atoms with van der Waals surface area (Å²) in [5, 5.41) is 11.8. The summed E-state index contributed by atoms with van der Waals surface area (Å²) in [7, 11) is 0. The summed E-state index contributed by atoms with van der Waals surface area (Å²) < 4.78 is 11.5. The average molecular weight is 453 g/mol. The Morgan fingerprint density at radius 1 is 1.12 bits per heavy atom. The number of esters is 1. The first kappa shape index (κ1) is 22.6. The van der Waals surface area contributed by atoms with Gasteiger partial charge in [0.2, 0.25) is 0 Å². The Labute approximate surface area is 196 Å². The van der Waals surface area contributed by atoms with Crippen LogP contribution in [0.5, 0.6) is 0 Å². The molecular weight excluding hydrogens is 416 g/mol. The lowest BCUT2D eigenvalue weighted by Crippen LogP contribution is -2.66. The minimum atomic E-state index is -0.578. The first-order valence-corrected chi connectivity index (χ1v) is 12.2. The molecule has 4 aliphatic carbocycles. The fraction of sp³-hybridized carbons (Fsp3) is 0.643. The number of carbonyl (C=O) groups excluding carboxylic acids is 2. The number of aliphatic hydroxyl groups is 1. The fourth-order valence-corrected chi connectivity index (χ4v) is 8.53. The molecule has 8 atom stereocenters. The highest BCUT2D eigenvalue weighted by Crippen LogP contribution is 2.72. The predicted octanol–water partition coefficient (Wildman–Crippen LogP) is 5.21. The Hall–Kier alpha value is -2.14. The van der Waals surface area contributed by atoms with Crippen LogP contribution in [0.2, 0.25) is 0 Å². The number of fused-ring (bicyclic) bond motifs is 5. The molecule has 0 aromatic carbocycles. The lowest BCUT2D eigenvalue weighted by Gasteiger charge is -2.67. The summed E-state index contributed by atoms with van der Waals surface area (Å²) in [4.78, 5) is 25.1. The third kappa shape index (κ3) is 2.75. The van der Waals surface area contributed by atoms with Crippen LogP contribution >= 0.6 is 0 Å².